The Hall–Kier alpha value is -2.15. The van der Waals surface area contributed by atoms with Gasteiger partial charge in [0.05, 0.1) is 30.1 Å². The lowest BCUT2D eigenvalue weighted by atomic mass is 9.92. The molecule has 0 bridgehead atoms. The minimum Gasteiger partial charge on any atom is -0.467 e. The topological polar surface area (TPSA) is 81.2 Å². The second-order valence-electron chi connectivity index (χ2n) is 5.20. The first kappa shape index (κ1) is 14.8. The molecule has 3 rings (SSSR count). The molecule has 0 amide bonds. The summed E-state index contributed by atoms with van der Waals surface area (Å²) in [7, 11) is -2.19. The summed E-state index contributed by atoms with van der Waals surface area (Å²) in [5.74, 6) is 0. The molecule has 2 aromatic rings. The van der Waals surface area contributed by atoms with E-state index in [1.165, 1.54) is 31.5 Å². The van der Waals surface area contributed by atoms with Crippen LogP contribution in [0.2, 0.25) is 0 Å². The molecule has 1 aromatic heterocycles. The molecule has 1 N–H and O–H groups in total. The number of hydrogen-bond donors (Lipinski definition) is 1. The van der Waals surface area contributed by atoms with E-state index in [9.17, 15) is 8.42 Å². The summed E-state index contributed by atoms with van der Waals surface area (Å²) in [4.78, 5) is 8.04. The SMILES string of the molecule is COc1ncc(NS(=O)(=O)c2ccc3c(c2)CCCC3)cn1. The third kappa shape index (κ3) is 3.04. The molecule has 0 atom stereocenters. The van der Waals surface area contributed by atoms with Crippen LogP contribution in [-0.2, 0) is 22.9 Å². The van der Waals surface area contributed by atoms with E-state index in [-0.39, 0.29) is 10.9 Å². The largest absolute Gasteiger partial charge is 0.467 e. The van der Waals surface area contributed by atoms with Crippen LogP contribution >= 0.6 is 0 Å². The molecule has 0 saturated heterocycles. The molecule has 0 spiro atoms. The van der Waals surface area contributed by atoms with Gasteiger partial charge in [-0.15, -0.1) is 0 Å². The van der Waals surface area contributed by atoms with Crippen LogP contribution in [0.4, 0.5) is 5.69 Å². The predicted octanol–water partition coefficient (Wildman–Crippen LogP) is 2.16. The van der Waals surface area contributed by atoms with Gasteiger partial charge >= 0.3 is 6.01 Å². The van der Waals surface area contributed by atoms with Crippen molar-refractivity contribution in [3.63, 3.8) is 0 Å². The van der Waals surface area contributed by atoms with Crippen LogP contribution < -0.4 is 9.46 Å². The highest BCUT2D eigenvalue weighted by atomic mass is 32.2. The smallest absolute Gasteiger partial charge is 0.316 e. The molecule has 0 saturated carbocycles. The van der Waals surface area contributed by atoms with Gasteiger partial charge in [-0.25, -0.2) is 18.4 Å². The highest BCUT2D eigenvalue weighted by Gasteiger charge is 2.18. The van der Waals surface area contributed by atoms with Crippen molar-refractivity contribution in [2.45, 2.75) is 30.6 Å². The third-order valence-corrected chi connectivity index (χ3v) is 5.07. The number of sulfonamides is 1. The van der Waals surface area contributed by atoms with E-state index >= 15 is 0 Å². The lowest BCUT2D eigenvalue weighted by Gasteiger charge is -2.17. The van der Waals surface area contributed by atoms with E-state index in [1.54, 1.807) is 12.1 Å². The molecule has 22 heavy (non-hydrogen) atoms. The zero-order valence-electron chi connectivity index (χ0n) is 12.2. The Balaban J connectivity index is 1.85. The number of anilines is 1. The van der Waals surface area contributed by atoms with Crippen LogP contribution in [0.1, 0.15) is 24.0 Å². The number of ether oxygens (including phenoxy) is 1. The van der Waals surface area contributed by atoms with Crippen LogP contribution in [0.5, 0.6) is 6.01 Å². The first-order chi connectivity index (χ1) is 10.6. The fourth-order valence-corrected chi connectivity index (χ4v) is 3.64. The standard InChI is InChI=1S/C15H17N3O3S/c1-21-15-16-9-13(10-17-15)18-22(19,20)14-7-6-11-4-2-3-5-12(11)8-14/h6-10,18H,2-5H2,1H3. The van der Waals surface area contributed by atoms with Gasteiger partial charge < -0.3 is 4.74 Å². The fourth-order valence-electron chi connectivity index (χ4n) is 2.57. The van der Waals surface area contributed by atoms with Gasteiger partial charge in [0.25, 0.3) is 10.0 Å². The van der Waals surface area contributed by atoms with Crippen LogP contribution in [-0.4, -0.2) is 25.5 Å². The van der Waals surface area contributed by atoms with Gasteiger partial charge in [-0.3, -0.25) is 4.72 Å². The summed E-state index contributed by atoms with van der Waals surface area (Å²) in [5.41, 5.74) is 2.68. The van der Waals surface area contributed by atoms with Crippen molar-refractivity contribution in [1.82, 2.24) is 9.97 Å². The monoisotopic (exact) mass is 319 g/mol. The van der Waals surface area contributed by atoms with Gasteiger partial charge in [0, 0.05) is 0 Å². The van der Waals surface area contributed by atoms with Crippen molar-refractivity contribution in [3.05, 3.63) is 41.7 Å². The molecule has 1 aromatic carbocycles. The normalized spacial score (nSPS) is 14.2. The number of aryl methyl sites for hydroxylation is 2. The number of nitrogens with one attached hydrogen (secondary N) is 1. The van der Waals surface area contributed by atoms with Crippen LogP contribution in [0.25, 0.3) is 0 Å². The number of rotatable bonds is 4. The molecule has 116 valence electrons. The van der Waals surface area contributed by atoms with Gasteiger partial charge in [-0.2, -0.15) is 0 Å². The number of fused-ring (bicyclic) bond motifs is 1. The summed E-state index contributed by atoms with van der Waals surface area (Å²) >= 11 is 0. The second kappa shape index (κ2) is 5.92. The van der Waals surface area contributed by atoms with Crippen LogP contribution in [0.15, 0.2) is 35.5 Å². The number of hydrogen-bond acceptors (Lipinski definition) is 5. The molecule has 1 aliphatic carbocycles. The van der Waals surface area contributed by atoms with Crippen LogP contribution in [0.3, 0.4) is 0 Å². The molecule has 1 heterocycles. The first-order valence-corrected chi connectivity index (χ1v) is 8.57. The van der Waals surface area contributed by atoms with Gasteiger partial charge in [-0.1, -0.05) is 6.07 Å². The maximum absolute atomic E-state index is 12.4. The Morgan fingerprint density at radius 1 is 1.09 bits per heavy atom. The van der Waals surface area contributed by atoms with Crippen molar-refractivity contribution in [2.75, 3.05) is 11.8 Å². The zero-order chi connectivity index (χ0) is 15.6. The third-order valence-electron chi connectivity index (χ3n) is 3.69. The molecule has 0 unspecified atom stereocenters. The van der Waals surface area contributed by atoms with E-state index < -0.39 is 10.0 Å². The Bertz CT molecular complexity index is 773. The van der Waals surface area contributed by atoms with Crippen LogP contribution in [0, 0.1) is 0 Å². The average Bonchev–Trinajstić information content (AvgIpc) is 2.55. The van der Waals surface area contributed by atoms with Gasteiger partial charge in [0.1, 0.15) is 0 Å². The Labute approximate surface area is 129 Å². The van der Waals surface area contributed by atoms with Crippen molar-refractivity contribution >= 4 is 15.7 Å². The molecule has 0 aliphatic heterocycles. The van der Waals surface area contributed by atoms with E-state index in [0.717, 1.165) is 24.8 Å². The van der Waals surface area contributed by atoms with E-state index in [2.05, 4.69) is 14.7 Å². The van der Waals surface area contributed by atoms with Crippen molar-refractivity contribution in [3.8, 4) is 6.01 Å². The Morgan fingerprint density at radius 2 is 1.77 bits per heavy atom. The zero-order valence-corrected chi connectivity index (χ0v) is 13.1. The number of methoxy groups -OCH3 is 1. The van der Waals surface area contributed by atoms with Crippen molar-refractivity contribution < 1.29 is 13.2 Å². The van der Waals surface area contributed by atoms with Crippen molar-refractivity contribution in [1.29, 1.82) is 0 Å². The fraction of sp³-hybridized carbons (Fsp3) is 0.333. The maximum Gasteiger partial charge on any atom is 0.316 e. The highest BCUT2D eigenvalue weighted by molar-refractivity contribution is 7.92. The lowest BCUT2D eigenvalue weighted by molar-refractivity contribution is 0.380. The molecule has 0 radical (unpaired) electrons. The van der Waals surface area contributed by atoms with Gasteiger partial charge in [-0.05, 0) is 48.9 Å². The second-order valence-corrected chi connectivity index (χ2v) is 6.88. The summed E-state index contributed by atoms with van der Waals surface area (Å²) in [6.45, 7) is 0. The molecular formula is C15H17N3O3S. The molecule has 0 fully saturated rings. The maximum atomic E-state index is 12.4. The molecule has 1 aliphatic rings. The predicted molar refractivity (Wildman–Crippen MR) is 82.5 cm³/mol. The van der Waals surface area contributed by atoms with Gasteiger partial charge in [0.2, 0.25) is 0 Å². The lowest BCUT2D eigenvalue weighted by Crippen LogP contribution is -2.14. The summed E-state index contributed by atoms with van der Waals surface area (Å²) in [6, 6.07) is 5.52. The van der Waals surface area contributed by atoms with E-state index in [0.29, 0.717) is 5.69 Å². The highest BCUT2D eigenvalue weighted by Crippen LogP contribution is 2.25. The summed E-state index contributed by atoms with van der Waals surface area (Å²) in [5, 5.41) is 0. The minimum atomic E-state index is -3.64. The number of benzene rings is 1. The Kier molecular flexibility index (Phi) is 3.98. The Morgan fingerprint density at radius 3 is 2.45 bits per heavy atom. The van der Waals surface area contributed by atoms with Crippen molar-refractivity contribution in [2.24, 2.45) is 0 Å². The quantitative estimate of drug-likeness (QED) is 0.934. The van der Waals surface area contributed by atoms with E-state index in [1.807, 2.05) is 6.07 Å². The summed E-state index contributed by atoms with van der Waals surface area (Å²) < 4.78 is 32.2. The summed E-state index contributed by atoms with van der Waals surface area (Å²) in [6.07, 6.45) is 6.99. The first-order valence-electron chi connectivity index (χ1n) is 7.09. The van der Waals surface area contributed by atoms with E-state index in [4.69, 9.17) is 4.74 Å². The van der Waals surface area contributed by atoms with Gasteiger partial charge in [0.15, 0.2) is 0 Å². The molecular weight excluding hydrogens is 302 g/mol. The number of nitrogens with zero attached hydrogens (tertiary/aromatic N) is 2. The average molecular weight is 319 g/mol. The minimum absolute atomic E-state index is 0.191. The molecule has 7 heteroatoms. The number of aromatic nitrogens is 2. The molecule has 6 nitrogen and oxygen atoms in total.